The number of benzene rings is 1. The first-order valence-corrected chi connectivity index (χ1v) is 10.3. The van der Waals surface area contributed by atoms with E-state index in [0.29, 0.717) is 30.7 Å². The lowest BCUT2D eigenvalue weighted by atomic mass is 10.1. The zero-order valence-electron chi connectivity index (χ0n) is 15.8. The van der Waals surface area contributed by atoms with Crippen LogP contribution in [0.1, 0.15) is 34.6 Å². The van der Waals surface area contributed by atoms with Gasteiger partial charge >= 0.3 is 0 Å². The van der Waals surface area contributed by atoms with Gasteiger partial charge in [-0.1, -0.05) is 0 Å². The lowest BCUT2D eigenvalue weighted by Crippen LogP contribution is -2.31. The van der Waals surface area contributed by atoms with Gasteiger partial charge in [0.15, 0.2) is 11.5 Å². The summed E-state index contributed by atoms with van der Waals surface area (Å²) in [6, 6.07) is 6.38. The normalized spacial score (nSPS) is 19.3. The number of carbonyl (C=O) groups excluding carboxylic acids is 1. The van der Waals surface area contributed by atoms with Crippen molar-refractivity contribution >= 4 is 17.2 Å². The number of hydrogen-bond acceptors (Lipinski definition) is 6. The van der Waals surface area contributed by atoms with Gasteiger partial charge in [-0.15, -0.1) is 11.3 Å². The molecular weight excluding hydrogens is 362 g/mol. The molecular formula is C20H25N3O3S. The number of thiazole rings is 1. The highest BCUT2D eigenvalue weighted by molar-refractivity contribution is 7.17. The molecule has 1 aromatic carbocycles. The Balaban J connectivity index is 1.42. The number of ether oxygens (including phenoxy) is 2. The predicted molar refractivity (Wildman–Crippen MR) is 106 cm³/mol. The maximum atomic E-state index is 12.6. The molecule has 0 spiro atoms. The molecule has 144 valence electrons. The highest BCUT2D eigenvalue weighted by Crippen LogP contribution is 2.36. The van der Waals surface area contributed by atoms with Crippen LogP contribution in [0.3, 0.4) is 0 Å². The quantitative estimate of drug-likeness (QED) is 0.854. The van der Waals surface area contributed by atoms with Crippen LogP contribution in [0.4, 0.5) is 0 Å². The van der Waals surface area contributed by atoms with Gasteiger partial charge in [0.2, 0.25) is 0 Å². The molecule has 2 aromatic rings. The fraction of sp³-hybridized carbons (Fsp3) is 0.500. The molecule has 0 aliphatic carbocycles. The minimum Gasteiger partial charge on any atom is -0.486 e. The maximum absolute atomic E-state index is 12.6. The number of likely N-dealkylation sites (tertiary alicyclic amines) is 1. The Labute approximate surface area is 163 Å². The van der Waals surface area contributed by atoms with Crippen LogP contribution >= 0.6 is 11.3 Å². The van der Waals surface area contributed by atoms with Crippen molar-refractivity contribution < 1.29 is 14.3 Å². The van der Waals surface area contributed by atoms with Gasteiger partial charge in [-0.2, -0.15) is 0 Å². The van der Waals surface area contributed by atoms with Crippen LogP contribution in [0.2, 0.25) is 0 Å². The number of amides is 1. The van der Waals surface area contributed by atoms with Crippen molar-refractivity contribution in [3.05, 3.63) is 28.8 Å². The fourth-order valence-electron chi connectivity index (χ4n) is 3.68. The van der Waals surface area contributed by atoms with Crippen LogP contribution in [0, 0.1) is 6.92 Å². The van der Waals surface area contributed by atoms with Crippen LogP contribution in [0.5, 0.6) is 11.5 Å². The number of aromatic nitrogens is 1. The number of carbonyl (C=O) groups is 1. The number of rotatable bonds is 5. The number of aryl methyl sites for hydroxylation is 1. The van der Waals surface area contributed by atoms with Crippen LogP contribution in [-0.2, 0) is 0 Å². The van der Waals surface area contributed by atoms with Gasteiger partial charge < -0.3 is 19.7 Å². The number of nitrogens with zero attached hydrogens (tertiary/aromatic N) is 2. The zero-order chi connectivity index (χ0) is 18.8. The maximum Gasteiger partial charge on any atom is 0.263 e. The second kappa shape index (κ2) is 7.86. The summed E-state index contributed by atoms with van der Waals surface area (Å²) in [5.41, 5.74) is 1.71. The Morgan fingerprint density at radius 1 is 1.33 bits per heavy atom. The van der Waals surface area contributed by atoms with E-state index in [9.17, 15) is 4.79 Å². The van der Waals surface area contributed by atoms with Gasteiger partial charge in [-0.05, 0) is 58.0 Å². The standard InChI is InChI=1S/C20H25N3O3S/c1-13-18(19(24)21-8-7-15-4-3-9-23(15)2)27-20(22-13)14-5-6-16-17(12-14)26-11-10-25-16/h5-6,12,15H,3-4,7-11H2,1-2H3,(H,21,24). The van der Waals surface area contributed by atoms with E-state index in [1.807, 2.05) is 25.1 Å². The van der Waals surface area contributed by atoms with E-state index in [1.165, 1.54) is 24.2 Å². The summed E-state index contributed by atoms with van der Waals surface area (Å²) in [5.74, 6) is 1.46. The molecule has 2 aliphatic heterocycles. The molecule has 1 fully saturated rings. The molecule has 1 saturated heterocycles. The molecule has 3 heterocycles. The summed E-state index contributed by atoms with van der Waals surface area (Å²) in [5, 5.41) is 3.89. The van der Waals surface area contributed by atoms with E-state index >= 15 is 0 Å². The molecule has 0 radical (unpaired) electrons. The van der Waals surface area contributed by atoms with Gasteiger partial charge in [0.1, 0.15) is 23.1 Å². The van der Waals surface area contributed by atoms with Crippen molar-refractivity contribution in [2.24, 2.45) is 0 Å². The first kappa shape index (κ1) is 18.3. The van der Waals surface area contributed by atoms with Gasteiger partial charge in [-0.3, -0.25) is 4.79 Å². The monoisotopic (exact) mass is 387 g/mol. The summed E-state index contributed by atoms with van der Waals surface area (Å²) in [4.78, 5) is 20.3. The summed E-state index contributed by atoms with van der Waals surface area (Å²) in [7, 11) is 2.16. The minimum absolute atomic E-state index is 0.0329. The van der Waals surface area contributed by atoms with E-state index in [-0.39, 0.29) is 5.91 Å². The summed E-state index contributed by atoms with van der Waals surface area (Å²) in [6.45, 7) is 4.87. The molecule has 4 rings (SSSR count). The van der Waals surface area contributed by atoms with E-state index in [0.717, 1.165) is 40.7 Å². The Morgan fingerprint density at radius 3 is 2.93 bits per heavy atom. The molecule has 27 heavy (non-hydrogen) atoms. The largest absolute Gasteiger partial charge is 0.486 e. The minimum atomic E-state index is -0.0329. The first-order valence-electron chi connectivity index (χ1n) is 9.47. The third kappa shape index (κ3) is 3.94. The molecule has 1 amide bonds. The van der Waals surface area contributed by atoms with Gasteiger partial charge in [0.25, 0.3) is 5.91 Å². The smallest absolute Gasteiger partial charge is 0.263 e. The van der Waals surface area contributed by atoms with Crippen LogP contribution < -0.4 is 14.8 Å². The molecule has 1 atom stereocenters. The van der Waals surface area contributed by atoms with Gasteiger partial charge in [0.05, 0.1) is 5.69 Å². The molecule has 1 N–H and O–H groups in total. The van der Waals surface area contributed by atoms with Crippen molar-refractivity contribution in [1.82, 2.24) is 15.2 Å². The van der Waals surface area contributed by atoms with Gasteiger partial charge in [-0.25, -0.2) is 4.98 Å². The first-order chi connectivity index (χ1) is 13.1. The lowest BCUT2D eigenvalue weighted by Gasteiger charge is -2.19. The van der Waals surface area contributed by atoms with Crippen molar-refractivity contribution in [2.45, 2.75) is 32.2 Å². The van der Waals surface area contributed by atoms with Crippen molar-refractivity contribution in [2.75, 3.05) is 33.4 Å². The van der Waals surface area contributed by atoms with E-state index in [2.05, 4.69) is 22.2 Å². The molecule has 1 unspecified atom stereocenters. The van der Waals surface area contributed by atoms with Crippen molar-refractivity contribution in [3.63, 3.8) is 0 Å². The van der Waals surface area contributed by atoms with Crippen molar-refractivity contribution in [3.8, 4) is 22.1 Å². The lowest BCUT2D eigenvalue weighted by molar-refractivity contribution is 0.0953. The molecule has 7 heteroatoms. The second-order valence-corrected chi connectivity index (χ2v) is 8.11. The molecule has 0 saturated carbocycles. The van der Waals surface area contributed by atoms with Crippen LogP contribution in [-0.4, -0.2) is 55.2 Å². The fourth-order valence-corrected chi connectivity index (χ4v) is 4.66. The summed E-state index contributed by atoms with van der Waals surface area (Å²) in [6.07, 6.45) is 3.47. The number of hydrogen-bond donors (Lipinski definition) is 1. The molecule has 0 bridgehead atoms. The van der Waals surface area contributed by atoms with Crippen LogP contribution in [0.15, 0.2) is 18.2 Å². The highest BCUT2D eigenvalue weighted by atomic mass is 32.1. The highest BCUT2D eigenvalue weighted by Gasteiger charge is 2.22. The third-order valence-electron chi connectivity index (χ3n) is 5.23. The summed E-state index contributed by atoms with van der Waals surface area (Å²) >= 11 is 1.42. The van der Waals surface area contributed by atoms with Crippen molar-refractivity contribution in [1.29, 1.82) is 0 Å². The molecule has 2 aliphatic rings. The van der Waals surface area contributed by atoms with E-state index < -0.39 is 0 Å². The Morgan fingerprint density at radius 2 is 2.15 bits per heavy atom. The zero-order valence-corrected chi connectivity index (χ0v) is 16.6. The number of fused-ring (bicyclic) bond motifs is 1. The molecule has 6 nitrogen and oxygen atoms in total. The molecule has 1 aromatic heterocycles. The SMILES string of the molecule is Cc1nc(-c2ccc3c(c2)OCCO3)sc1C(=O)NCCC1CCCN1C. The Bertz CT molecular complexity index is 836. The second-order valence-electron chi connectivity index (χ2n) is 7.11. The third-order valence-corrected chi connectivity index (χ3v) is 6.43. The van der Waals surface area contributed by atoms with Crippen LogP contribution in [0.25, 0.3) is 10.6 Å². The predicted octanol–water partition coefficient (Wildman–Crippen LogP) is 3.10. The summed E-state index contributed by atoms with van der Waals surface area (Å²) < 4.78 is 11.2. The van der Waals surface area contributed by atoms with E-state index in [1.54, 1.807) is 0 Å². The Kier molecular flexibility index (Phi) is 5.31. The van der Waals surface area contributed by atoms with Gasteiger partial charge in [0, 0.05) is 18.2 Å². The topological polar surface area (TPSA) is 63.7 Å². The Hall–Kier alpha value is -2.12. The average Bonchev–Trinajstić information content (AvgIpc) is 3.27. The average molecular weight is 388 g/mol. The van der Waals surface area contributed by atoms with E-state index in [4.69, 9.17) is 9.47 Å². The number of nitrogens with one attached hydrogen (secondary N) is 1.